The first-order valence-electron chi connectivity index (χ1n) is 19.6. The number of pyridine rings is 1. The number of dihydropyridines is 1. The number of aromatic nitrogens is 3. The van der Waals surface area contributed by atoms with Crippen LogP contribution in [0.25, 0.3) is 68.4 Å². The second kappa shape index (κ2) is 14.8. The summed E-state index contributed by atoms with van der Waals surface area (Å²) < 4.78 is 0. The molecule has 7 aromatic rings. The third-order valence-corrected chi connectivity index (χ3v) is 11.3. The van der Waals surface area contributed by atoms with E-state index in [0.717, 1.165) is 65.0 Å². The molecule has 0 radical (unpaired) electrons. The van der Waals surface area contributed by atoms with Crippen molar-refractivity contribution in [2.75, 3.05) is 0 Å². The van der Waals surface area contributed by atoms with Crippen LogP contribution in [0.5, 0.6) is 0 Å². The number of hydrogen-bond acceptors (Lipinski definition) is 4. The van der Waals surface area contributed by atoms with E-state index in [-0.39, 0.29) is 12.0 Å². The number of aliphatic imine (C=N–C) groups is 1. The van der Waals surface area contributed by atoms with E-state index in [9.17, 15) is 0 Å². The number of rotatable bonds is 7. The van der Waals surface area contributed by atoms with E-state index in [2.05, 4.69) is 151 Å². The average molecular weight is 721 g/mol. The molecule has 2 unspecified atom stereocenters. The van der Waals surface area contributed by atoms with E-state index < -0.39 is 0 Å². The summed E-state index contributed by atoms with van der Waals surface area (Å²) in [7, 11) is 0. The summed E-state index contributed by atoms with van der Waals surface area (Å²) in [6, 6.07) is 48.2. The van der Waals surface area contributed by atoms with Gasteiger partial charge in [-0.15, -0.1) is 0 Å². The smallest absolute Gasteiger partial charge is 0.160 e. The van der Waals surface area contributed by atoms with Crippen molar-refractivity contribution in [3.63, 3.8) is 0 Å². The molecular weight excluding hydrogens is 681 g/mol. The quantitative estimate of drug-likeness (QED) is 0.165. The van der Waals surface area contributed by atoms with Crippen LogP contribution in [-0.2, 0) is 6.42 Å². The molecule has 0 saturated heterocycles. The lowest BCUT2D eigenvalue weighted by Gasteiger charge is -2.24. The molecule has 56 heavy (non-hydrogen) atoms. The van der Waals surface area contributed by atoms with E-state index in [1.165, 1.54) is 44.5 Å². The lowest BCUT2D eigenvalue weighted by molar-refractivity contribution is 0.741. The number of allylic oxidation sites excluding steroid dienone is 3. The maximum atomic E-state index is 5.37. The first kappa shape index (κ1) is 33.8. The van der Waals surface area contributed by atoms with Gasteiger partial charge in [0.25, 0.3) is 0 Å². The Hall–Kier alpha value is -6.78. The predicted molar refractivity (Wildman–Crippen MR) is 231 cm³/mol. The van der Waals surface area contributed by atoms with E-state index in [1.807, 2.05) is 36.7 Å². The van der Waals surface area contributed by atoms with Crippen molar-refractivity contribution in [2.24, 2.45) is 4.99 Å². The Bertz CT molecular complexity index is 2680. The topological polar surface area (TPSA) is 51.0 Å². The van der Waals surface area contributed by atoms with Crippen molar-refractivity contribution in [3.05, 3.63) is 197 Å². The van der Waals surface area contributed by atoms with Gasteiger partial charge in [-0.3, -0.25) is 9.98 Å². The Labute approximate surface area is 328 Å². The maximum absolute atomic E-state index is 5.37. The zero-order valence-corrected chi connectivity index (χ0v) is 31.1. The molecule has 2 atom stereocenters. The molecule has 0 fully saturated rings. The summed E-state index contributed by atoms with van der Waals surface area (Å²) in [6.07, 6.45) is 21.0. The molecule has 0 amide bonds. The van der Waals surface area contributed by atoms with Crippen LogP contribution in [0.2, 0.25) is 0 Å². The fraction of sp³-hybridized carbons (Fsp3) is 0.115. The second-order valence-corrected chi connectivity index (χ2v) is 14.8. The minimum absolute atomic E-state index is 0.142. The standard InChI is InChI=1S/C52H40N4/c1-3-15-44-35(11-1)13-9-17-46(44)41-31-42(47-18-10-14-36-12-2-4-16-45(36)47)33-43(32-41)52-55-50(39-25-21-37(22-26-39)48-19-5-7-29-53-48)34-51(56-52)40-27-23-38(24-28-40)49-20-6-8-30-54-49/h1-3,5-15,18-19,21-34,46,49H,4,16-17,20H2. The Balaban J connectivity index is 1.14. The van der Waals surface area contributed by atoms with Crippen LogP contribution in [-0.4, -0.2) is 21.2 Å². The largest absolute Gasteiger partial charge is 0.285 e. The third-order valence-electron chi connectivity index (χ3n) is 11.3. The van der Waals surface area contributed by atoms with Crippen LogP contribution in [0.1, 0.15) is 64.6 Å². The van der Waals surface area contributed by atoms with E-state index in [1.54, 1.807) is 0 Å². The maximum Gasteiger partial charge on any atom is 0.160 e. The van der Waals surface area contributed by atoms with Gasteiger partial charge >= 0.3 is 0 Å². The van der Waals surface area contributed by atoms with Crippen LogP contribution in [0.3, 0.4) is 0 Å². The lowest BCUT2D eigenvalue weighted by atomic mass is 9.80. The first-order chi connectivity index (χ1) is 27.7. The van der Waals surface area contributed by atoms with Gasteiger partial charge in [-0.05, 0) is 107 Å². The molecule has 2 aliphatic carbocycles. The van der Waals surface area contributed by atoms with E-state index in [4.69, 9.17) is 15.0 Å². The van der Waals surface area contributed by atoms with Crippen molar-refractivity contribution in [1.29, 1.82) is 0 Å². The Morgan fingerprint density at radius 3 is 2.04 bits per heavy atom. The first-order valence-corrected chi connectivity index (χ1v) is 19.6. The van der Waals surface area contributed by atoms with Crippen molar-refractivity contribution in [1.82, 2.24) is 15.0 Å². The highest BCUT2D eigenvalue weighted by molar-refractivity contribution is 5.80. The van der Waals surface area contributed by atoms with Gasteiger partial charge in [0.15, 0.2) is 5.82 Å². The Morgan fingerprint density at radius 2 is 1.25 bits per heavy atom. The van der Waals surface area contributed by atoms with Gasteiger partial charge in [0.1, 0.15) is 0 Å². The van der Waals surface area contributed by atoms with Crippen LogP contribution in [0.15, 0.2) is 169 Å². The van der Waals surface area contributed by atoms with Crippen LogP contribution < -0.4 is 0 Å². The normalized spacial score (nSPS) is 16.7. The number of nitrogens with zero attached hydrogens (tertiary/aromatic N) is 4. The molecule has 0 spiro atoms. The van der Waals surface area contributed by atoms with Crippen molar-refractivity contribution in [3.8, 4) is 56.3 Å². The zero-order chi connectivity index (χ0) is 37.3. The molecule has 3 heterocycles. The molecule has 268 valence electrons. The fourth-order valence-electron chi connectivity index (χ4n) is 8.44. The Kier molecular flexibility index (Phi) is 8.93. The molecule has 10 rings (SSSR count). The molecule has 5 aromatic carbocycles. The number of benzene rings is 5. The van der Waals surface area contributed by atoms with Crippen molar-refractivity contribution >= 4 is 18.4 Å². The van der Waals surface area contributed by atoms with Crippen LogP contribution >= 0.6 is 0 Å². The summed E-state index contributed by atoms with van der Waals surface area (Å²) in [5.41, 5.74) is 17.2. The molecule has 4 heteroatoms. The van der Waals surface area contributed by atoms with Gasteiger partial charge in [-0.2, -0.15) is 0 Å². The Morgan fingerprint density at radius 1 is 0.518 bits per heavy atom. The molecule has 0 bridgehead atoms. The second-order valence-electron chi connectivity index (χ2n) is 14.8. The van der Waals surface area contributed by atoms with E-state index >= 15 is 0 Å². The number of fused-ring (bicyclic) bond motifs is 2. The summed E-state index contributed by atoms with van der Waals surface area (Å²) in [4.78, 5) is 20.0. The van der Waals surface area contributed by atoms with E-state index in [0.29, 0.717) is 5.82 Å². The molecule has 2 aromatic heterocycles. The highest BCUT2D eigenvalue weighted by Gasteiger charge is 2.23. The highest BCUT2D eigenvalue weighted by Crippen LogP contribution is 2.41. The van der Waals surface area contributed by atoms with Gasteiger partial charge in [0.05, 0.1) is 23.1 Å². The van der Waals surface area contributed by atoms with Gasteiger partial charge < -0.3 is 0 Å². The summed E-state index contributed by atoms with van der Waals surface area (Å²) in [6.45, 7) is 0. The van der Waals surface area contributed by atoms with Gasteiger partial charge in [-0.1, -0.05) is 134 Å². The van der Waals surface area contributed by atoms with Crippen molar-refractivity contribution in [2.45, 2.75) is 37.6 Å². The minimum Gasteiger partial charge on any atom is -0.285 e. The molecule has 0 saturated carbocycles. The lowest BCUT2D eigenvalue weighted by Crippen LogP contribution is -2.07. The SMILES string of the molecule is C1=CCC(c2ccc(-c3cc(-c4ccc(-c5ccccn5)cc4)nc(-c4cc(-c5cccc6c5CCC=C6)cc(C5CC=Cc6ccccc65)c4)n3)cc2)N=C1. The van der Waals surface area contributed by atoms with Gasteiger partial charge in [-0.25, -0.2) is 9.97 Å². The molecular formula is C52H40N4. The molecule has 4 nitrogen and oxygen atoms in total. The average Bonchev–Trinajstić information content (AvgIpc) is 3.29. The van der Waals surface area contributed by atoms with Gasteiger partial charge in [0.2, 0.25) is 0 Å². The summed E-state index contributed by atoms with van der Waals surface area (Å²) in [5.74, 6) is 0.936. The summed E-state index contributed by atoms with van der Waals surface area (Å²) >= 11 is 0. The molecule has 3 aliphatic rings. The van der Waals surface area contributed by atoms with Crippen molar-refractivity contribution < 1.29 is 0 Å². The molecule has 0 N–H and O–H groups in total. The van der Waals surface area contributed by atoms with Crippen LogP contribution in [0, 0.1) is 0 Å². The zero-order valence-electron chi connectivity index (χ0n) is 31.1. The fourth-order valence-corrected chi connectivity index (χ4v) is 8.44. The highest BCUT2D eigenvalue weighted by atomic mass is 14.9. The monoisotopic (exact) mass is 720 g/mol. The predicted octanol–water partition coefficient (Wildman–Crippen LogP) is 12.8. The molecule has 1 aliphatic heterocycles. The van der Waals surface area contributed by atoms with Crippen LogP contribution in [0.4, 0.5) is 0 Å². The minimum atomic E-state index is 0.142. The summed E-state index contributed by atoms with van der Waals surface area (Å²) in [5, 5.41) is 0. The third kappa shape index (κ3) is 6.64. The number of hydrogen-bond donors (Lipinski definition) is 0. The van der Waals surface area contributed by atoms with Gasteiger partial charge in [0, 0.05) is 40.6 Å².